The lowest BCUT2D eigenvalue weighted by Crippen LogP contribution is -2.25. The third-order valence-electron chi connectivity index (χ3n) is 3.27. The smallest absolute Gasteiger partial charge is 0.241 e. The molecule has 0 spiro atoms. The molecular formula is C13H17N3O2S2. The highest BCUT2D eigenvalue weighted by Gasteiger charge is 2.22. The van der Waals surface area contributed by atoms with Crippen molar-refractivity contribution in [3.8, 4) is 0 Å². The topological polar surface area (TPSA) is 85.1 Å². The van der Waals surface area contributed by atoms with Crippen LogP contribution in [0.4, 0.5) is 5.69 Å². The van der Waals surface area contributed by atoms with Gasteiger partial charge in [0.15, 0.2) is 0 Å². The molecule has 2 rings (SSSR count). The normalized spacial score (nSPS) is 11.8. The van der Waals surface area contributed by atoms with E-state index in [4.69, 9.17) is 5.73 Å². The van der Waals surface area contributed by atoms with Crippen molar-refractivity contribution in [3.05, 3.63) is 39.3 Å². The SMILES string of the molecule is Cc1cc(N)c(C)c(S(=O)(=O)NCc2cncs2)c1C. The lowest BCUT2D eigenvalue weighted by molar-refractivity contribution is 0.580. The fraction of sp³-hybridized carbons (Fsp3) is 0.308. The van der Waals surface area contributed by atoms with Crippen molar-refractivity contribution < 1.29 is 8.42 Å². The summed E-state index contributed by atoms with van der Waals surface area (Å²) in [6.45, 7) is 5.61. The predicted molar refractivity (Wildman–Crippen MR) is 81.2 cm³/mol. The van der Waals surface area contributed by atoms with E-state index < -0.39 is 10.0 Å². The average molecular weight is 311 g/mol. The number of thiazole rings is 1. The van der Waals surface area contributed by atoms with Crippen molar-refractivity contribution in [3.63, 3.8) is 0 Å². The molecule has 1 heterocycles. The molecule has 0 aliphatic carbocycles. The molecule has 0 saturated heterocycles. The molecule has 1 aromatic carbocycles. The molecule has 3 N–H and O–H groups in total. The van der Waals surface area contributed by atoms with Crippen LogP contribution < -0.4 is 10.5 Å². The standard InChI is InChI=1S/C13H17N3O2S2/c1-8-4-12(14)10(3)13(9(8)2)20(17,18)16-6-11-5-15-7-19-11/h4-5,7,16H,6,14H2,1-3H3. The maximum atomic E-state index is 12.5. The lowest BCUT2D eigenvalue weighted by Gasteiger charge is -2.15. The van der Waals surface area contributed by atoms with Gasteiger partial charge in [-0.3, -0.25) is 4.98 Å². The van der Waals surface area contributed by atoms with Crippen LogP contribution in [-0.2, 0) is 16.6 Å². The fourth-order valence-electron chi connectivity index (χ4n) is 2.01. The van der Waals surface area contributed by atoms with E-state index >= 15 is 0 Å². The van der Waals surface area contributed by atoms with E-state index in [1.54, 1.807) is 31.6 Å². The maximum absolute atomic E-state index is 12.5. The third-order valence-corrected chi connectivity index (χ3v) is 5.72. The second-order valence-corrected chi connectivity index (χ2v) is 7.33. The average Bonchev–Trinajstić information content (AvgIpc) is 2.87. The molecular weight excluding hydrogens is 294 g/mol. The molecule has 108 valence electrons. The number of hydrogen-bond acceptors (Lipinski definition) is 5. The molecule has 7 heteroatoms. The Morgan fingerprint density at radius 1 is 1.30 bits per heavy atom. The molecule has 0 radical (unpaired) electrons. The number of anilines is 1. The first-order valence-electron chi connectivity index (χ1n) is 6.06. The first-order valence-corrected chi connectivity index (χ1v) is 8.42. The van der Waals surface area contributed by atoms with Gasteiger partial charge >= 0.3 is 0 Å². The second kappa shape index (κ2) is 5.51. The van der Waals surface area contributed by atoms with E-state index in [1.807, 2.05) is 6.92 Å². The Hall–Kier alpha value is -1.44. The van der Waals surface area contributed by atoms with Crippen molar-refractivity contribution in [2.45, 2.75) is 32.2 Å². The van der Waals surface area contributed by atoms with Crippen LogP contribution in [-0.4, -0.2) is 13.4 Å². The minimum absolute atomic E-state index is 0.236. The first-order chi connectivity index (χ1) is 9.33. The number of nitrogen functional groups attached to an aromatic ring is 1. The summed E-state index contributed by atoms with van der Waals surface area (Å²) in [5.74, 6) is 0. The predicted octanol–water partition coefficient (Wildman–Crippen LogP) is 2.13. The zero-order chi connectivity index (χ0) is 14.9. The summed E-state index contributed by atoms with van der Waals surface area (Å²) >= 11 is 1.41. The van der Waals surface area contributed by atoms with Gasteiger partial charge < -0.3 is 5.73 Å². The number of nitrogens with one attached hydrogen (secondary N) is 1. The molecule has 1 aromatic heterocycles. The molecule has 0 atom stereocenters. The van der Waals surface area contributed by atoms with E-state index in [2.05, 4.69) is 9.71 Å². The highest BCUT2D eigenvalue weighted by molar-refractivity contribution is 7.89. The molecule has 0 aliphatic rings. The van der Waals surface area contributed by atoms with E-state index in [9.17, 15) is 8.42 Å². The molecule has 20 heavy (non-hydrogen) atoms. The molecule has 2 aromatic rings. The number of aryl methyl sites for hydroxylation is 1. The van der Waals surface area contributed by atoms with Crippen LogP contribution in [0.25, 0.3) is 0 Å². The number of benzene rings is 1. The summed E-state index contributed by atoms with van der Waals surface area (Å²) < 4.78 is 27.6. The van der Waals surface area contributed by atoms with Crippen molar-refractivity contribution >= 4 is 27.0 Å². The highest BCUT2D eigenvalue weighted by Crippen LogP contribution is 2.27. The summed E-state index contributed by atoms with van der Waals surface area (Å²) in [5, 5.41) is 0. The lowest BCUT2D eigenvalue weighted by atomic mass is 10.1. The molecule has 0 aliphatic heterocycles. The monoisotopic (exact) mass is 311 g/mol. The molecule has 0 amide bonds. The van der Waals surface area contributed by atoms with Crippen LogP contribution in [0.2, 0.25) is 0 Å². The summed E-state index contributed by atoms with van der Waals surface area (Å²) in [6, 6.07) is 1.80. The van der Waals surface area contributed by atoms with Crippen molar-refractivity contribution in [2.75, 3.05) is 5.73 Å². The number of sulfonamides is 1. The van der Waals surface area contributed by atoms with Gasteiger partial charge in [0.1, 0.15) is 0 Å². The van der Waals surface area contributed by atoms with E-state index in [0.29, 0.717) is 11.3 Å². The Labute approximate surface area is 122 Å². The minimum Gasteiger partial charge on any atom is -0.398 e. The van der Waals surface area contributed by atoms with Gasteiger partial charge in [-0.1, -0.05) is 0 Å². The van der Waals surface area contributed by atoms with Gasteiger partial charge in [0.25, 0.3) is 0 Å². The van der Waals surface area contributed by atoms with Gasteiger partial charge in [0.2, 0.25) is 10.0 Å². The number of aromatic nitrogens is 1. The molecule has 0 fully saturated rings. The number of hydrogen-bond donors (Lipinski definition) is 2. The van der Waals surface area contributed by atoms with Crippen molar-refractivity contribution in [1.29, 1.82) is 0 Å². The fourth-order valence-corrected chi connectivity index (χ4v) is 4.21. The van der Waals surface area contributed by atoms with Gasteiger partial charge in [0.05, 0.1) is 10.4 Å². The summed E-state index contributed by atoms with van der Waals surface area (Å²) in [7, 11) is -3.59. The first kappa shape index (κ1) is 15.0. The Kier molecular flexibility index (Phi) is 4.12. The zero-order valence-corrected chi connectivity index (χ0v) is 13.2. The molecule has 0 saturated carbocycles. The molecule has 5 nitrogen and oxygen atoms in total. The van der Waals surface area contributed by atoms with E-state index in [0.717, 1.165) is 16.0 Å². The number of rotatable bonds is 4. The van der Waals surface area contributed by atoms with Crippen LogP contribution >= 0.6 is 11.3 Å². The Bertz CT molecular complexity index is 696. The van der Waals surface area contributed by atoms with Gasteiger partial charge in [-0.05, 0) is 43.5 Å². The summed E-state index contributed by atoms with van der Waals surface area (Å²) in [6.07, 6.45) is 1.65. The Balaban J connectivity index is 2.39. The van der Waals surface area contributed by atoms with Gasteiger partial charge in [-0.15, -0.1) is 11.3 Å². The van der Waals surface area contributed by atoms with Crippen LogP contribution in [0.1, 0.15) is 21.6 Å². The quantitative estimate of drug-likeness (QED) is 0.847. The minimum atomic E-state index is -3.59. The Morgan fingerprint density at radius 3 is 2.60 bits per heavy atom. The largest absolute Gasteiger partial charge is 0.398 e. The van der Waals surface area contributed by atoms with Gasteiger partial charge in [-0.25, -0.2) is 13.1 Å². The molecule has 0 bridgehead atoms. The molecule has 0 unspecified atom stereocenters. The van der Waals surface area contributed by atoms with Gasteiger partial charge in [-0.2, -0.15) is 0 Å². The summed E-state index contributed by atoms with van der Waals surface area (Å²) in [4.78, 5) is 5.07. The summed E-state index contributed by atoms with van der Waals surface area (Å²) in [5.41, 5.74) is 10.2. The van der Waals surface area contributed by atoms with Crippen LogP contribution in [0, 0.1) is 20.8 Å². The zero-order valence-electron chi connectivity index (χ0n) is 11.6. The number of nitrogens with zero attached hydrogens (tertiary/aromatic N) is 1. The van der Waals surface area contributed by atoms with Crippen LogP contribution in [0.15, 0.2) is 22.7 Å². The third kappa shape index (κ3) is 2.84. The Morgan fingerprint density at radius 2 is 2.00 bits per heavy atom. The van der Waals surface area contributed by atoms with E-state index in [1.165, 1.54) is 11.3 Å². The second-order valence-electron chi connectivity index (χ2n) is 4.65. The maximum Gasteiger partial charge on any atom is 0.241 e. The van der Waals surface area contributed by atoms with Crippen molar-refractivity contribution in [2.24, 2.45) is 0 Å². The number of nitrogens with two attached hydrogens (primary N) is 1. The van der Waals surface area contributed by atoms with Gasteiger partial charge in [0, 0.05) is 23.3 Å². The highest BCUT2D eigenvalue weighted by atomic mass is 32.2. The van der Waals surface area contributed by atoms with E-state index in [-0.39, 0.29) is 11.4 Å². The van der Waals surface area contributed by atoms with Crippen LogP contribution in [0.5, 0.6) is 0 Å². The van der Waals surface area contributed by atoms with Crippen molar-refractivity contribution in [1.82, 2.24) is 9.71 Å². The van der Waals surface area contributed by atoms with Crippen LogP contribution in [0.3, 0.4) is 0 Å².